The summed E-state index contributed by atoms with van der Waals surface area (Å²) in [5.74, 6) is 0.908. The van der Waals surface area contributed by atoms with Gasteiger partial charge in [0.05, 0.1) is 6.61 Å². The van der Waals surface area contributed by atoms with Gasteiger partial charge in [0.2, 0.25) is 0 Å². The first kappa shape index (κ1) is 16.0. The van der Waals surface area contributed by atoms with Crippen LogP contribution in [0.5, 0.6) is 11.5 Å². The van der Waals surface area contributed by atoms with Crippen molar-refractivity contribution in [2.45, 2.75) is 45.4 Å². The Morgan fingerprint density at radius 2 is 1.79 bits per heavy atom. The summed E-state index contributed by atoms with van der Waals surface area (Å²) in [6.07, 6.45) is 7.27. The average molecular weight is 285 g/mol. The highest BCUT2D eigenvalue weighted by Gasteiger charge is 1.98. The molecule has 0 N–H and O–H groups in total. The highest BCUT2D eigenvalue weighted by Crippen LogP contribution is 2.20. The first-order chi connectivity index (χ1) is 9.22. The molecule has 5 heteroatoms. The minimum atomic E-state index is -2.54. The molecule has 0 aromatic heterocycles. The zero-order chi connectivity index (χ0) is 13.9. The highest BCUT2D eigenvalue weighted by molar-refractivity contribution is 7.74. The molecule has 1 rings (SSSR count). The van der Waals surface area contributed by atoms with Crippen molar-refractivity contribution in [3.05, 3.63) is 24.3 Å². The molecule has 0 aliphatic heterocycles. The SMILES string of the molecule is CCCCCCCCOc1cccc(OS(=O)[O-])c1. The van der Waals surface area contributed by atoms with Gasteiger partial charge in [0, 0.05) is 6.07 Å². The molecule has 19 heavy (non-hydrogen) atoms. The van der Waals surface area contributed by atoms with Crippen molar-refractivity contribution in [2.75, 3.05) is 6.61 Å². The molecule has 1 aromatic rings. The van der Waals surface area contributed by atoms with Gasteiger partial charge in [-0.1, -0.05) is 45.1 Å². The Morgan fingerprint density at radius 1 is 1.11 bits per heavy atom. The van der Waals surface area contributed by atoms with Gasteiger partial charge in [-0.2, -0.15) is 0 Å². The van der Waals surface area contributed by atoms with E-state index >= 15 is 0 Å². The van der Waals surface area contributed by atoms with Crippen molar-refractivity contribution in [3.8, 4) is 11.5 Å². The lowest BCUT2D eigenvalue weighted by Crippen LogP contribution is -2.00. The fraction of sp³-hybridized carbons (Fsp3) is 0.571. The van der Waals surface area contributed by atoms with E-state index in [0.717, 1.165) is 6.42 Å². The molecular weight excluding hydrogens is 264 g/mol. The standard InChI is InChI=1S/C14H22O4S/c1-2-3-4-5-6-7-11-17-13-9-8-10-14(12-13)18-19(15)16/h8-10,12H,2-7,11H2,1H3,(H,15,16)/p-1. The van der Waals surface area contributed by atoms with Gasteiger partial charge in [-0.3, -0.25) is 0 Å². The molecule has 1 atom stereocenters. The summed E-state index contributed by atoms with van der Waals surface area (Å²) in [6, 6.07) is 6.65. The van der Waals surface area contributed by atoms with Gasteiger partial charge in [-0.15, -0.1) is 0 Å². The van der Waals surface area contributed by atoms with Crippen LogP contribution in [0.2, 0.25) is 0 Å². The summed E-state index contributed by atoms with van der Waals surface area (Å²) in [7, 11) is 0. The average Bonchev–Trinajstić information content (AvgIpc) is 2.37. The molecule has 0 aliphatic rings. The molecule has 1 aromatic carbocycles. The molecule has 0 saturated heterocycles. The summed E-state index contributed by atoms with van der Waals surface area (Å²) in [6.45, 7) is 2.85. The summed E-state index contributed by atoms with van der Waals surface area (Å²) in [5, 5.41) is 0. The molecule has 0 bridgehead atoms. The van der Waals surface area contributed by atoms with Crippen LogP contribution in [0.4, 0.5) is 0 Å². The minimum absolute atomic E-state index is 0.272. The minimum Gasteiger partial charge on any atom is -0.740 e. The Hall–Kier alpha value is -1.07. The second-order valence-electron chi connectivity index (χ2n) is 4.38. The lowest BCUT2D eigenvalue weighted by molar-refractivity contribution is 0.303. The number of ether oxygens (including phenoxy) is 1. The fourth-order valence-corrected chi connectivity index (χ4v) is 2.03. The molecular formula is C14H21O4S-. The van der Waals surface area contributed by atoms with Crippen LogP contribution in [-0.4, -0.2) is 15.4 Å². The quantitative estimate of drug-likeness (QED) is 0.487. The maximum atomic E-state index is 10.4. The summed E-state index contributed by atoms with van der Waals surface area (Å²) in [4.78, 5) is 0. The van der Waals surface area contributed by atoms with Crippen molar-refractivity contribution >= 4 is 11.4 Å². The highest BCUT2D eigenvalue weighted by atomic mass is 32.2. The largest absolute Gasteiger partial charge is 0.740 e. The van der Waals surface area contributed by atoms with Gasteiger partial charge in [0.25, 0.3) is 0 Å². The first-order valence-corrected chi connectivity index (χ1v) is 7.73. The van der Waals surface area contributed by atoms with E-state index in [0.29, 0.717) is 12.4 Å². The topological polar surface area (TPSA) is 58.6 Å². The van der Waals surface area contributed by atoms with E-state index < -0.39 is 11.4 Å². The predicted octanol–water partition coefficient (Wildman–Crippen LogP) is 3.60. The third-order valence-corrected chi connectivity index (χ3v) is 3.06. The number of benzene rings is 1. The van der Waals surface area contributed by atoms with E-state index in [-0.39, 0.29) is 5.75 Å². The van der Waals surface area contributed by atoms with Gasteiger partial charge in [-0.25, -0.2) is 4.21 Å². The van der Waals surface area contributed by atoms with E-state index in [9.17, 15) is 8.76 Å². The van der Waals surface area contributed by atoms with E-state index in [2.05, 4.69) is 11.1 Å². The van der Waals surface area contributed by atoms with Crippen LogP contribution < -0.4 is 8.92 Å². The van der Waals surface area contributed by atoms with Crippen LogP contribution in [0.25, 0.3) is 0 Å². The summed E-state index contributed by atoms with van der Waals surface area (Å²) >= 11 is -2.54. The number of hydrogen-bond acceptors (Lipinski definition) is 4. The van der Waals surface area contributed by atoms with Gasteiger partial charge in [0.1, 0.15) is 22.9 Å². The van der Waals surface area contributed by atoms with Crippen molar-refractivity contribution in [3.63, 3.8) is 0 Å². The Bertz CT molecular complexity index is 381. The second kappa shape index (κ2) is 9.81. The molecule has 0 saturated carbocycles. The normalized spacial score (nSPS) is 12.1. The zero-order valence-electron chi connectivity index (χ0n) is 11.3. The van der Waals surface area contributed by atoms with E-state index in [1.54, 1.807) is 24.3 Å². The summed E-state index contributed by atoms with van der Waals surface area (Å²) in [5.41, 5.74) is 0. The first-order valence-electron chi connectivity index (χ1n) is 6.73. The predicted molar refractivity (Wildman–Crippen MR) is 74.9 cm³/mol. The number of rotatable bonds is 10. The maximum absolute atomic E-state index is 10.4. The molecule has 0 fully saturated rings. The van der Waals surface area contributed by atoms with Crippen LogP contribution in [0.1, 0.15) is 45.4 Å². The van der Waals surface area contributed by atoms with Crippen LogP contribution >= 0.6 is 0 Å². The lowest BCUT2D eigenvalue weighted by Gasteiger charge is -2.10. The van der Waals surface area contributed by atoms with Crippen molar-refractivity contribution in [2.24, 2.45) is 0 Å². The molecule has 108 valence electrons. The Labute approximate surface area is 117 Å². The maximum Gasteiger partial charge on any atom is 0.142 e. The Balaban J connectivity index is 2.20. The van der Waals surface area contributed by atoms with Gasteiger partial charge in [0.15, 0.2) is 0 Å². The molecule has 0 heterocycles. The van der Waals surface area contributed by atoms with Crippen molar-refractivity contribution in [1.29, 1.82) is 0 Å². The van der Waals surface area contributed by atoms with E-state index in [4.69, 9.17) is 4.74 Å². The van der Waals surface area contributed by atoms with Gasteiger partial charge in [-0.05, 0) is 18.6 Å². The monoisotopic (exact) mass is 285 g/mol. The van der Waals surface area contributed by atoms with Crippen LogP contribution in [0.15, 0.2) is 24.3 Å². The van der Waals surface area contributed by atoms with Crippen molar-refractivity contribution < 1.29 is 17.7 Å². The van der Waals surface area contributed by atoms with E-state index in [1.165, 1.54) is 32.1 Å². The smallest absolute Gasteiger partial charge is 0.142 e. The molecule has 0 amide bonds. The van der Waals surface area contributed by atoms with Crippen LogP contribution in [0, 0.1) is 0 Å². The van der Waals surface area contributed by atoms with E-state index in [1.807, 2.05) is 0 Å². The number of hydrogen-bond donors (Lipinski definition) is 0. The molecule has 0 aliphatic carbocycles. The Morgan fingerprint density at radius 3 is 2.53 bits per heavy atom. The second-order valence-corrected chi connectivity index (χ2v) is 4.95. The third-order valence-electron chi connectivity index (χ3n) is 2.74. The molecule has 1 unspecified atom stereocenters. The van der Waals surface area contributed by atoms with Gasteiger partial charge < -0.3 is 13.5 Å². The van der Waals surface area contributed by atoms with Gasteiger partial charge >= 0.3 is 0 Å². The summed E-state index contributed by atoms with van der Waals surface area (Å²) < 4.78 is 30.9. The number of unbranched alkanes of at least 4 members (excludes halogenated alkanes) is 5. The third kappa shape index (κ3) is 7.85. The van der Waals surface area contributed by atoms with Crippen LogP contribution in [0.3, 0.4) is 0 Å². The fourth-order valence-electron chi connectivity index (χ4n) is 1.77. The van der Waals surface area contributed by atoms with Crippen LogP contribution in [-0.2, 0) is 11.4 Å². The zero-order valence-corrected chi connectivity index (χ0v) is 12.1. The molecule has 0 radical (unpaired) electrons. The molecule has 4 nitrogen and oxygen atoms in total. The van der Waals surface area contributed by atoms with Crippen molar-refractivity contribution in [1.82, 2.24) is 0 Å². The lowest BCUT2D eigenvalue weighted by atomic mass is 10.1. The Kier molecular flexibility index (Phi) is 8.25. The molecule has 0 spiro atoms.